The Kier molecular flexibility index (Phi) is 6.53. The lowest BCUT2D eigenvalue weighted by atomic mass is 9.74. The Morgan fingerprint density at radius 2 is 1.70 bits per heavy atom. The van der Waals surface area contributed by atoms with Crippen LogP contribution in [0.3, 0.4) is 0 Å². The molecule has 1 unspecified atom stereocenters. The van der Waals surface area contributed by atoms with Gasteiger partial charge < -0.3 is 19.7 Å². The summed E-state index contributed by atoms with van der Waals surface area (Å²) in [4.78, 5) is 39.7. The Morgan fingerprint density at radius 1 is 1.00 bits per heavy atom. The van der Waals surface area contributed by atoms with E-state index in [2.05, 4.69) is 10.6 Å². The minimum atomic E-state index is -0.989. The summed E-state index contributed by atoms with van der Waals surface area (Å²) in [6.07, 6.45) is 1.96. The molecule has 2 aromatic rings. The largest absolute Gasteiger partial charge is 0.493 e. The van der Waals surface area contributed by atoms with E-state index in [1.807, 2.05) is 47.4 Å². The zero-order chi connectivity index (χ0) is 23.4. The third kappa shape index (κ3) is 4.65. The van der Waals surface area contributed by atoms with E-state index in [0.717, 1.165) is 11.1 Å². The Balaban J connectivity index is 1.43. The summed E-state index contributed by atoms with van der Waals surface area (Å²) in [5.41, 5.74) is 0.848. The first kappa shape index (κ1) is 22.6. The van der Waals surface area contributed by atoms with Crippen molar-refractivity contribution < 1.29 is 23.9 Å². The van der Waals surface area contributed by atoms with Crippen LogP contribution in [0.25, 0.3) is 0 Å². The van der Waals surface area contributed by atoms with Gasteiger partial charge in [-0.3, -0.25) is 14.9 Å². The van der Waals surface area contributed by atoms with Crippen LogP contribution in [-0.4, -0.2) is 55.6 Å². The topological polar surface area (TPSA) is 97.0 Å². The Hall–Kier alpha value is -3.55. The first-order chi connectivity index (χ1) is 15.9. The maximum absolute atomic E-state index is 12.9. The number of hydrogen-bond acceptors (Lipinski definition) is 5. The molecule has 2 fully saturated rings. The van der Waals surface area contributed by atoms with Crippen molar-refractivity contribution in [3.8, 4) is 11.5 Å². The monoisotopic (exact) mass is 451 g/mol. The fraction of sp³-hybridized carbons (Fsp3) is 0.400. The molecule has 174 valence electrons. The number of imide groups is 1. The van der Waals surface area contributed by atoms with Gasteiger partial charge in [0.2, 0.25) is 5.91 Å². The van der Waals surface area contributed by atoms with Gasteiger partial charge in [0.05, 0.1) is 20.6 Å². The van der Waals surface area contributed by atoms with E-state index in [0.29, 0.717) is 43.9 Å². The van der Waals surface area contributed by atoms with Gasteiger partial charge in [-0.25, -0.2) is 4.79 Å². The van der Waals surface area contributed by atoms with E-state index < -0.39 is 11.6 Å². The quantitative estimate of drug-likeness (QED) is 0.630. The molecule has 0 bridgehead atoms. The molecule has 0 aliphatic carbocycles. The number of amides is 4. The van der Waals surface area contributed by atoms with E-state index in [4.69, 9.17) is 9.47 Å². The molecule has 33 heavy (non-hydrogen) atoms. The molecule has 4 amide bonds. The highest BCUT2D eigenvalue weighted by atomic mass is 16.5. The van der Waals surface area contributed by atoms with Gasteiger partial charge in [-0.05, 0) is 42.0 Å². The number of piperidine rings is 1. The molecular weight excluding hydrogens is 422 g/mol. The standard InChI is InChI=1S/C25H29N3O5/c1-32-20-9-8-18(14-21(20)33-2)15-22(29)28-12-10-19(11-13-28)25(23(30)26-24(31)27-25)16-17-6-4-3-5-7-17/h3-9,14,19H,10-13,15-16H2,1-2H3,(H2,26,27,30,31). The molecule has 8 nitrogen and oxygen atoms in total. The van der Waals surface area contributed by atoms with Crippen LogP contribution in [-0.2, 0) is 22.4 Å². The van der Waals surface area contributed by atoms with Crippen molar-refractivity contribution in [3.63, 3.8) is 0 Å². The number of carbonyl (C=O) groups excluding carboxylic acids is 3. The second kappa shape index (κ2) is 9.52. The summed E-state index contributed by atoms with van der Waals surface area (Å²) in [7, 11) is 3.14. The average Bonchev–Trinajstić information content (AvgIpc) is 3.13. The first-order valence-electron chi connectivity index (χ1n) is 11.1. The normalized spacial score (nSPS) is 20.8. The Bertz CT molecular complexity index is 1030. The van der Waals surface area contributed by atoms with Crippen LogP contribution in [0.1, 0.15) is 24.0 Å². The van der Waals surface area contributed by atoms with E-state index in [1.165, 1.54) is 0 Å². The van der Waals surface area contributed by atoms with Crippen LogP contribution < -0.4 is 20.1 Å². The summed E-state index contributed by atoms with van der Waals surface area (Å²) < 4.78 is 10.6. The fourth-order valence-electron chi connectivity index (χ4n) is 4.88. The second-order valence-corrected chi connectivity index (χ2v) is 8.56. The first-order valence-corrected chi connectivity index (χ1v) is 11.1. The summed E-state index contributed by atoms with van der Waals surface area (Å²) in [6, 6.07) is 14.7. The van der Waals surface area contributed by atoms with Crippen LogP contribution in [0.4, 0.5) is 4.79 Å². The van der Waals surface area contributed by atoms with E-state index in [9.17, 15) is 14.4 Å². The molecule has 1 atom stereocenters. The van der Waals surface area contributed by atoms with Crippen molar-refractivity contribution in [3.05, 3.63) is 59.7 Å². The molecule has 2 saturated heterocycles. The zero-order valence-electron chi connectivity index (χ0n) is 18.9. The fourth-order valence-corrected chi connectivity index (χ4v) is 4.88. The molecule has 0 saturated carbocycles. The van der Waals surface area contributed by atoms with Crippen LogP contribution in [0.5, 0.6) is 11.5 Å². The minimum Gasteiger partial charge on any atom is -0.493 e. The lowest BCUT2D eigenvalue weighted by molar-refractivity contribution is -0.133. The van der Waals surface area contributed by atoms with E-state index >= 15 is 0 Å². The second-order valence-electron chi connectivity index (χ2n) is 8.56. The molecule has 0 aromatic heterocycles. The zero-order valence-corrected chi connectivity index (χ0v) is 18.9. The molecule has 4 rings (SSSR count). The molecule has 8 heteroatoms. The van der Waals surface area contributed by atoms with Gasteiger partial charge in [-0.1, -0.05) is 36.4 Å². The number of likely N-dealkylation sites (tertiary alicyclic amines) is 1. The minimum absolute atomic E-state index is 0.0256. The SMILES string of the molecule is COc1ccc(CC(=O)N2CCC(C3(Cc4ccccc4)NC(=O)NC3=O)CC2)cc1OC. The van der Waals surface area contributed by atoms with Gasteiger partial charge in [-0.2, -0.15) is 0 Å². The summed E-state index contributed by atoms with van der Waals surface area (Å²) in [5, 5.41) is 5.33. The van der Waals surface area contributed by atoms with Crippen molar-refractivity contribution in [2.24, 2.45) is 5.92 Å². The number of carbonyl (C=O) groups is 3. The average molecular weight is 452 g/mol. The molecule has 0 radical (unpaired) electrons. The van der Waals surface area contributed by atoms with Crippen molar-refractivity contribution in [1.82, 2.24) is 15.5 Å². The van der Waals surface area contributed by atoms with E-state index in [1.54, 1.807) is 20.3 Å². The van der Waals surface area contributed by atoms with Gasteiger partial charge in [0, 0.05) is 19.5 Å². The summed E-state index contributed by atoms with van der Waals surface area (Å²) >= 11 is 0. The molecule has 2 aliphatic rings. The highest BCUT2D eigenvalue weighted by molar-refractivity contribution is 6.07. The predicted octanol–water partition coefficient (Wildman–Crippen LogP) is 2.31. The highest BCUT2D eigenvalue weighted by Crippen LogP contribution is 2.34. The van der Waals surface area contributed by atoms with Gasteiger partial charge in [0.1, 0.15) is 5.54 Å². The lowest BCUT2D eigenvalue weighted by Gasteiger charge is -2.40. The summed E-state index contributed by atoms with van der Waals surface area (Å²) in [5.74, 6) is 0.890. The smallest absolute Gasteiger partial charge is 0.322 e. The van der Waals surface area contributed by atoms with Crippen LogP contribution >= 0.6 is 0 Å². The Labute approximate surface area is 193 Å². The molecule has 2 aromatic carbocycles. The molecule has 2 aliphatic heterocycles. The third-order valence-corrected chi connectivity index (χ3v) is 6.64. The lowest BCUT2D eigenvalue weighted by Crippen LogP contribution is -2.58. The van der Waals surface area contributed by atoms with E-state index in [-0.39, 0.29) is 24.2 Å². The predicted molar refractivity (Wildman–Crippen MR) is 122 cm³/mol. The van der Waals surface area contributed by atoms with Crippen molar-refractivity contribution in [2.45, 2.75) is 31.2 Å². The van der Waals surface area contributed by atoms with Crippen molar-refractivity contribution >= 4 is 17.8 Å². The number of nitrogens with zero attached hydrogens (tertiary/aromatic N) is 1. The van der Waals surface area contributed by atoms with Gasteiger partial charge in [0.15, 0.2) is 11.5 Å². The maximum Gasteiger partial charge on any atom is 0.322 e. The number of benzene rings is 2. The Morgan fingerprint density at radius 3 is 2.30 bits per heavy atom. The number of ether oxygens (including phenoxy) is 2. The van der Waals surface area contributed by atoms with Gasteiger partial charge in [0.25, 0.3) is 5.91 Å². The van der Waals surface area contributed by atoms with Crippen LogP contribution in [0, 0.1) is 5.92 Å². The molecule has 0 spiro atoms. The number of hydrogen-bond donors (Lipinski definition) is 2. The van der Waals surface area contributed by atoms with Crippen LogP contribution in [0.2, 0.25) is 0 Å². The number of rotatable bonds is 7. The maximum atomic E-state index is 12.9. The third-order valence-electron chi connectivity index (χ3n) is 6.64. The number of urea groups is 1. The number of methoxy groups -OCH3 is 2. The van der Waals surface area contributed by atoms with Gasteiger partial charge >= 0.3 is 6.03 Å². The van der Waals surface area contributed by atoms with Crippen molar-refractivity contribution in [2.75, 3.05) is 27.3 Å². The molecule has 2 N–H and O–H groups in total. The number of nitrogens with one attached hydrogen (secondary N) is 2. The summed E-state index contributed by atoms with van der Waals surface area (Å²) in [6.45, 7) is 1.08. The highest BCUT2D eigenvalue weighted by Gasteiger charge is 2.52. The van der Waals surface area contributed by atoms with Crippen molar-refractivity contribution in [1.29, 1.82) is 0 Å². The van der Waals surface area contributed by atoms with Gasteiger partial charge in [-0.15, -0.1) is 0 Å². The molecule has 2 heterocycles. The molecular formula is C25H29N3O5. The van der Waals surface area contributed by atoms with Crippen LogP contribution in [0.15, 0.2) is 48.5 Å².